The number of hydrogen-bond acceptors (Lipinski definition) is 0. The molecule has 0 aliphatic rings. The van der Waals surface area contributed by atoms with Crippen LogP contribution in [0.2, 0.25) is 0 Å². The van der Waals surface area contributed by atoms with Crippen molar-refractivity contribution in [2.24, 2.45) is 0 Å². The third-order valence-electron chi connectivity index (χ3n) is 4.52. The summed E-state index contributed by atoms with van der Waals surface area (Å²) >= 11 is 0. The molecular formula is C23H23F2S+. The Balaban J connectivity index is 2.33. The first-order valence-corrected chi connectivity index (χ1v) is 9.85. The summed E-state index contributed by atoms with van der Waals surface area (Å²) in [6.07, 6.45) is 0. The number of hydrogen-bond donors (Lipinski definition) is 0. The van der Waals surface area contributed by atoms with Crippen LogP contribution in [0.4, 0.5) is 8.78 Å². The highest BCUT2D eigenvalue weighted by Crippen LogP contribution is 2.38. The lowest BCUT2D eigenvalue weighted by molar-refractivity contribution is 0.625. The van der Waals surface area contributed by atoms with Gasteiger partial charge in [-0.05, 0) is 71.0 Å². The number of halogens is 2. The van der Waals surface area contributed by atoms with Gasteiger partial charge >= 0.3 is 0 Å². The molecule has 0 aromatic heterocycles. The molecule has 0 nitrogen and oxygen atoms in total. The van der Waals surface area contributed by atoms with Crippen LogP contribution in [0.25, 0.3) is 0 Å². The first-order valence-electron chi connectivity index (χ1n) is 8.62. The van der Waals surface area contributed by atoms with Gasteiger partial charge in [0.15, 0.2) is 14.7 Å². The van der Waals surface area contributed by atoms with Gasteiger partial charge in [-0.3, -0.25) is 0 Å². The molecule has 26 heavy (non-hydrogen) atoms. The first-order chi connectivity index (χ1) is 12.3. The van der Waals surface area contributed by atoms with Gasteiger partial charge < -0.3 is 0 Å². The zero-order valence-corrected chi connectivity index (χ0v) is 16.6. The Morgan fingerprint density at radius 1 is 0.577 bits per heavy atom. The van der Waals surface area contributed by atoms with Crippen LogP contribution in [0, 0.1) is 46.3 Å². The molecule has 0 radical (unpaired) electrons. The van der Waals surface area contributed by atoms with E-state index in [0.717, 1.165) is 20.9 Å². The molecule has 0 saturated heterocycles. The summed E-state index contributed by atoms with van der Waals surface area (Å²) < 4.78 is 27.4. The highest BCUT2D eigenvalue weighted by molar-refractivity contribution is 7.97. The van der Waals surface area contributed by atoms with Crippen molar-refractivity contribution >= 4 is 10.9 Å². The van der Waals surface area contributed by atoms with Crippen molar-refractivity contribution in [2.75, 3.05) is 0 Å². The van der Waals surface area contributed by atoms with Gasteiger partial charge in [0.2, 0.25) is 0 Å². The van der Waals surface area contributed by atoms with Crippen molar-refractivity contribution in [3.05, 3.63) is 88.0 Å². The van der Waals surface area contributed by atoms with Crippen molar-refractivity contribution in [3.8, 4) is 0 Å². The first kappa shape index (κ1) is 18.7. The molecule has 0 saturated carbocycles. The van der Waals surface area contributed by atoms with Gasteiger partial charge in [-0.2, -0.15) is 0 Å². The average molecular weight is 370 g/mol. The van der Waals surface area contributed by atoms with E-state index in [1.807, 2.05) is 26.0 Å². The molecule has 0 amide bonds. The lowest BCUT2D eigenvalue weighted by atomic mass is 10.1. The van der Waals surface area contributed by atoms with Gasteiger partial charge in [0.1, 0.15) is 22.5 Å². The molecular weight excluding hydrogens is 346 g/mol. The van der Waals surface area contributed by atoms with E-state index in [1.54, 1.807) is 12.1 Å². The van der Waals surface area contributed by atoms with E-state index in [1.165, 1.54) is 33.7 Å². The Morgan fingerprint density at radius 3 is 1.38 bits per heavy atom. The highest BCUT2D eigenvalue weighted by atomic mass is 32.2. The minimum absolute atomic E-state index is 0.233. The van der Waals surface area contributed by atoms with Gasteiger partial charge in [0, 0.05) is 22.3 Å². The molecule has 3 aromatic rings. The van der Waals surface area contributed by atoms with Crippen molar-refractivity contribution in [2.45, 2.75) is 49.3 Å². The molecule has 0 unspecified atom stereocenters. The summed E-state index contributed by atoms with van der Waals surface area (Å²) in [7, 11) is -0.419. The minimum atomic E-state index is -0.419. The molecule has 0 fully saturated rings. The predicted molar refractivity (Wildman–Crippen MR) is 105 cm³/mol. The fourth-order valence-corrected chi connectivity index (χ4v) is 6.12. The largest absolute Gasteiger partial charge is 0.207 e. The minimum Gasteiger partial charge on any atom is -0.207 e. The summed E-state index contributed by atoms with van der Waals surface area (Å²) in [5.74, 6) is -0.467. The van der Waals surface area contributed by atoms with Crippen LogP contribution in [0.3, 0.4) is 0 Å². The molecule has 3 heteroatoms. The summed E-state index contributed by atoms with van der Waals surface area (Å²) in [6, 6.07) is 14.3. The predicted octanol–water partition coefficient (Wildman–Crippen LogP) is 6.60. The standard InChI is InChI=1S/C23H23F2S/c1-14-10-17(4)23(18(5)11-14)26(21-8-6-19(24)12-15(21)2)22-9-7-20(25)13-16(22)3/h6-13H,1-5H3/q+1. The molecule has 134 valence electrons. The van der Waals surface area contributed by atoms with Gasteiger partial charge in [-0.15, -0.1) is 0 Å². The third-order valence-corrected chi connectivity index (χ3v) is 7.37. The third kappa shape index (κ3) is 3.54. The van der Waals surface area contributed by atoms with E-state index in [9.17, 15) is 8.78 Å². The fourth-order valence-electron chi connectivity index (χ4n) is 3.51. The van der Waals surface area contributed by atoms with Crippen LogP contribution in [0.5, 0.6) is 0 Å². The zero-order valence-electron chi connectivity index (χ0n) is 15.8. The smallest absolute Gasteiger partial charge is 0.172 e. The van der Waals surface area contributed by atoms with E-state index in [4.69, 9.17) is 0 Å². The van der Waals surface area contributed by atoms with Crippen LogP contribution < -0.4 is 0 Å². The molecule has 0 aliphatic carbocycles. The lowest BCUT2D eigenvalue weighted by Crippen LogP contribution is -2.12. The molecule has 0 heterocycles. The van der Waals surface area contributed by atoms with Gasteiger partial charge in [0.05, 0.1) is 0 Å². The van der Waals surface area contributed by atoms with E-state index in [2.05, 4.69) is 32.9 Å². The summed E-state index contributed by atoms with van der Waals surface area (Å²) in [5, 5.41) is 0. The Kier molecular flexibility index (Phi) is 5.19. The van der Waals surface area contributed by atoms with Crippen molar-refractivity contribution in [1.29, 1.82) is 0 Å². The maximum atomic E-state index is 13.7. The fraction of sp³-hybridized carbons (Fsp3) is 0.217. The summed E-state index contributed by atoms with van der Waals surface area (Å²) in [5.41, 5.74) is 5.46. The van der Waals surface area contributed by atoms with Gasteiger partial charge in [-0.1, -0.05) is 17.7 Å². The van der Waals surface area contributed by atoms with Crippen molar-refractivity contribution < 1.29 is 8.78 Å². The van der Waals surface area contributed by atoms with E-state index < -0.39 is 10.9 Å². The van der Waals surface area contributed by atoms with Crippen LogP contribution in [0.1, 0.15) is 27.8 Å². The molecule has 0 bridgehead atoms. The summed E-state index contributed by atoms with van der Waals surface area (Å²) in [4.78, 5) is 3.40. The zero-order chi connectivity index (χ0) is 19.0. The second-order valence-corrected chi connectivity index (χ2v) is 8.75. The molecule has 0 N–H and O–H groups in total. The SMILES string of the molecule is Cc1cc(C)c([S+](c2ccc(F)cc2C)c2ccc(F)cc2C)c(C)c1. The van der Waals surface area contributed by atoms with E-state index in [0.29, 0.717) is 0 Å². The lowest BCUT2D eigenvalue weighted by Gasteiger charge is -2.16. The van der Waals surface area contributed by atoms with E-state index in [-0.39, 0.29) is 11.6 Å². The molecule has 3 rings (SSSR count). The van der Waals surface area contributed by atoms with Crippen molar-refractivity contribution in [1.82, 2.24) is 0 Å². The maximum Gasteiger partial charge on any atom is 0.172 e. The second-order valence-electron chi connectivity index (χ2n) is 6.85. The average Bonchev–Trinajstić information content (AvgIpc) is 2.52. The van der Waals surface area contributed by atoms with Crippen LogP contribution in [-0.2, 0) is 10.9 Å². The molecule has 0 spiro atoms. The Morgan fingerprint density at radius 2 is 1.00 bits per heavy atom. The van der Waals surface area contributed by atoms with Crippen molar-refractivity contribution in [3.63, 3.8) is 0 Å². The molecule has 0 atom stereocenters. The van der Waals surface area contributed by atoms with E-state index >= 15 is 0 Å². The Labute approximate surface area is 157 Å². The Hall–Kier alpha value is -2.13. The van der Waals surface area contributed by atoms with Crippen LogP contribution in [-0.4, -0.2) is 0 Å². The van der Waals surface area contributed by atoms with Gasteiger partial charge in [0.25, 0.3) is 0 Å². The molecule has 0 aliphatic heterocycles. The normalized spacial score (nSPS) is 11.2. The van der Waals surface area contributed by atoms with Crippen LogP contribution in [0.15, 0.2) is 63.2 Å². The number of aryl methyl sites for hydroxylation is 5. The quantitative estimate of drug-likeness (QED) is 0.456. The van der Waals surface area contributed by atoms with Gasteiger partial charge in [-0.25, -0.2) is 8.78 Å². The topological polar surface area (TPSA) is 0 Å². The summed E-state index contributed by atoms with van der Waals surface area (Å²) in [6.45, 7) is 10.2. The van der Waals surface area contributed by atoms with Crippen LogP contribution >= 0.6 is 0 Å². The highest BCUT2D eigenvalue weighted by Gasteiger charge is 2.35. The Bertz CT molecular complexity index is 901. The monoisotopic (exact) mass is 369 g/mol. The number of rotatable bonds is 3. The number of benzene rings is 3. The molecule has 3 aromatic carbocycles. The maximum absolute atomic E-state index is 13.7. The second kappa shape index (κ2) is 7.24.